The topological polar surface area (TPSA) is 107 Å². The molecule has 1 saturated heterocycles. The van der Waals surface area contributed by atoms with E-state index in [0.29, 0.717) is 6.54 Å². The number of amides is 1. The predicted octanol–water partition coefficient (Wildman–Crippen LogP) is 0.819. The maximum atomic E-state index is 12.7. The maximum absolute atomic E-state index is 12.7. The Hall–Kier alpha value is -2.97. The smallest absolute Gasteiger partial charge is 0.293 e. The third-order valence-corrected chi connectivity index (χ3v) is 5.18. The SMILES string of the molecule is O=C(c1nc[nH]n1)N1CCN(c2ncnc3[nH]ccc23)CC2(CC2)C1. The Morgan fingerprint density at radius 3 is 2.88 bits per heavy atom. The molecule has 5 rings (SSSR count). The largest absolute Gasteiger partial charge is 0.354 e. The third-order valence-electron chi connectivity index (χ3n) is 5.18. The molecule has 2 N–H and O–H groups in total. The van der Waals surface area contributed by atoms with Crippen LogP contribution < -0.4 is 4.90 Å². The van der Waals surface area contributed by atoms with Crippen LogP contribution in [-0.4, -0.2) is 67.1 Å². The van der Waals surface area contributed by atoms with E-state index in [2.05, 4.69) is 35.0 Å². The molecule has 1 saturated carbocycles. The van der Waals surface area contributed by atoms with Crippen molar-refractivity contribution in [3.8, 4) is 0 Å². The fourth-order valence-electron chi connectivity index (χ4n) is 3.67. The molecule has 0 radical (unpaired) electrons. The lowest BCUT2D eigenvalue weighted by atomic mass is 10.1. The van der Waals surface area contributed by atoms with E-state index in [0.717, 1.165) is 49.3 Å². The van der Waals surface area contributed by atoms with Gasteiger partial charge in [-0.25, -0.2) is 15.0 Å². The molecule has 0 bridgehead atoms. The zero-order chi connectivity index (χ0) is 16.9. The lowest BCUT2D eigenvalue weighted by Crippen LogP contribution is -2.37. The van der Waals surface area contributed by atoms with Crippen LogP contribution in [0.3, 0.4) is 0 Å². The van der Waals surface area contributed by atoms with Crippen molar-refractivity contribution in [2.24, 2.45) is 5.41 Å². The van der Waals surface area contributed by atoms with Crippen LogP contribution in [0.25, 0.3) is 11.0 Å². The van der Waals surface area contributed by atoms with Gasteiger partial charge in [-0.05, 0) is 18.9 Å². The highest BCUT2D eigenvalue weighted by Gasteiger charge is 2.48. The van der Waals surface area contributed by atoms with Crippen molar-refractivity contribution in [3.63, 3.8) is 0 Å². The van der Waals surface area contributed by atoms with Crippen molar-refractivity contribution in [2.75, 3.05) is 31.1 Å². The van der Waals surface area contributed by atoms with Crippen LogP contribution in [-0.2, 0) is 0 Å². The summed E-state index contributed by atoms with van der Waals surface area (Å²) in [5, 5.41) is 7.57. The maximum Gasteiger partial charge on any atom is 0.293 e. The van der Waals surface area contributed by atoms with Gasteiger partial charge >= 0.3 is 0 Å². The summed E-state index contributed by atoms with van der Waals surface area (Å²) in [6.45, 7) is 3.01. The van der Waals surface area contributed by atoms with Crippen molar-refractivity contribution >= 4 is 22.8 Å². The first kappa shape index (κ1) is 14.4. The second kappa shape index (κ2) is 5.27. The second-order valence-electron chi connectivity index (χ2n) is 6.91. The summed E-state index contributed by atoms with van der Waals surface area (Å²) in [5.41, 5.74) is 0.989. The molecule has 9 heteroatoms. The molecule has 25 heavy (non-hydrogen) atoms. The second-order valence-corrected chi connectivity index (χ2v) is 6.91. The zero-order valence-corrected chi connectivity index (χ0v) is 13.6. The Morgan fingerprint density at radius 2 is 2.08 bits per heavy atom. The first-order valence-corrected chi connectivity index (χ1v) is 8.42. The number of carbonyl (C=O) groups excluding carboxylic acids is 1. The molecule has 0 unspecified atom stereocenters. The van der Waals surface area contributed by atoms with E-state index >= 15 is 0 Å². The average molecular weight is 338 g/mol. The van der Waals surface area contributed by atoms with Crippen LogP contribution in [0.15, 0.2) is 24.9 Å². The summed E-state index contributed by atoms with van der Waals surface area (Å²) >= 11 is 0. The lowest BCUT2D eigenvalue weighted by Gasteiger charge is -2.25. The van der Waals surface area contributed by atoms with Crippen LogP contribution >= 0.6 is 0 Å². The number of nitrogens with zero attached hydrogens (tertiary/aromatic N) is 6. The van der Waals surface area contributed by atoms with Gasteiger partial charge in [-0.2, -0.15) is 0 Å². The van der Waals surface area contributed by atoms with Gasteiger partial charge < -0.3 is 14.8 Å². The molecule has 9 nitrogen and oxygen atoms in total. The third kappa shape index (κ3) is 2.43. The van der Waals surface area contributed by atoms with E-state index in [-0.39, 0.29) is 17.1 Å². The summed E-state index contributed by atoms with van der Waals surface area (Å²) in [6.07, 6.45) is 7.17. The number of H-pyrrole nitrogens is 2. The number of fused-ring (bicyclic) bond motifs is 1. The number of aromatic nitrogens is 6. The van der Waals surface area contributed by atoms with Crippen molar-refractivity contribution in [3.05, 3.63) is 30.7 Å². The lowest BCUT2D eigenvalue weighted by molar-refractivity contribution is 0.0729. The normalized spacial score (nSPS) is 19.4. The quantitative estimate of drug-likeness (QED) is 0.716. The van der Waals surface area contributed by atoms with E-state index in [1.165, 1.54) is 6.33 Å². The minimum Gasteiger partial charge on any atom is -0.354 e. The molecule has 1 amide bonds. The van der Waals surface area contributed by atoms with E-state index < -0.39 is 0 Å². The molecule has 1 aliphatic carbocycles. The van der Waals surface area contributed by atoms with Gasteiger partial charge in [0.25, 0.3) is 5.91 Å². The molecule has 3 aromatic heterocycles. The Kier molecular flexibility index (Phi) is 3.03. The van der Waals surface area contributed by atoms with Crippen molar-refractivity contribution in [1.82, 2.24) is 35.0 Å². The minimum absolute atomic E-state index is 0.108. The summed E-state index contributed by atoms with van der Waals surface area (Å²) in [6, 6.07) is 2.01. The van der Waals surface area contributed by atoms with Gasteiger partial charge in [0.15, 0.2) is 0 Å². The molecule has 2 aliphatic rings. The molecular weight excluding hydrogens is 320 g/mol. The van der Waals surface area contributed by atoms with E-state index in [1.54, 1.807) is 6.33 Å². The number of carbonyl (C=O) groups is 1. The summed E-state index contributed by atoms with van der Waals surface area (Å²) in [7, 11) is 0. The highest BCUT2D eigenvalue weighted by atomic mass is 16.2. The molecule has 2 fully saturated rings. The molecule has 1 aliphatic heterocycles. The Bertz CT molecular complexity index is 913. The fourth-order valence-corrected chi connectivity index (χ4v) is 3.67. The molecule has 4 heterocycles. The van der Waals surface area contributed by atoms with Crippen molar-refractivity contribution in [1.29, 1.82) is 0 Å². The van der Waals surface area contributed by atoms with Gasteiger partial charge in [0.05, 0.1) is 5.39 Å². The van der Waals surface area contributed by atoms with Gasteiger partial charge in [0.2, 0.25) is 5.82 Å². The van der Waals surface area contributed by atoms with Crippen LogP contribution in [0, 0.1) is 5.41 Å². The van der Waals surface area contributed by atoms with Gasteiger partial charge in [-0.3, -0.25) is 9.89 Å². The van der Waals surface area contributed by atoms with E-state index in [9.17, 15) is 4.79 Å². The summed E-state index contributed by atoms with van der Waals surface area (Å²) in [5.74, 6) is 1.06. The molecular formula is C16H18N8O. The van der Waals surface area contributed by atoms with Crippen LogP contribution in [0.2, 0.25) is 0 Å². The highest BCUT2D eigenvalue weighted by Crippen LogP contribution is 2.48. The molecule has 0 aromatic carbocycles. The Labute approximate surface area is 143 Å². The number of hydrogen-bond donors (Lipinski definition) is 2. The first-order valence-electron chi connectivity index (χ1n) is 8.42. The van der Waals surface area contributed by atoms with Crippen molar-refractivity contribution in [2.45, 2.75) is 12.8 Å². The molecule has 0 atom stereocenters. The number of aromatic amines is 2. The predicted molar refractivity (Wildman–Crippen MR) is 90.1 cm³/mol. The van der Waals surface area contributed by atoms with Crippen LogP contribution in [0.4, 0.5) is 5.82 Å². The highest BCUT2D eigenvalue weighted by molar-refractivity contribution is 5.90. The summed E-state index contributed by atoms with van der Waals surface area (Å²) < 4.78 is 0. The standard InChI is InChI=1S/C16H18N8O/c25-15(13-19-10-21-22-13)24-6-5-23(7-16(8-24)2-3-16)14-11-1-4-17-12(11)18-9-20-14/h1,4,9-10H,2-3,5-8H2,(H,17,18,20)(H,19,21,22). The van der Waals surface area contributed by atoms with Crippen LogP contribution in [0.1, 0.15) is 23.5 Å². The van der Waals surface area contributed by atoms with Gasteiger partial charge in [-0.15, -0.1) is 5.10 Å². The average Bonchev–Trinajstić information content (AvgIpc) is 3.03. The molecule has 3 aromatic rings. The number of nitrogens with one attached hydrogen (secondary N) is 2. The Morgan fingerprint density at radius 1 is 1.16 bits per heavy atom. The van der Waals surface area contributed by atoms with E-state index in [1.807, 2.05) is 17.2 Å². The van der Waals surface area contributed by atoms with Crippen molar-refractivity contribution < 1.29 is 4.79 Å². The van der Waals surface area contributed by atoms with Gasteiger partial charge in [0, 0.05) is 37.8 Å². The molecule has 128 valence electrons. The number of rotatable bonds is 2. The fraction of sp³-hybridized carbons (Fsp3) is 0.438. The monoisotopic (exact) mass is 338 g/mol. The van der Waals surface area contributed by atoms with Gasteiger partial charge in [0.1, 0.15) is 24.1 Å². The molecule has 1 spiro atoms. The summed E-state index contributed by atoms with van der Waals surface area (Å²) in [4.78, 5) is 32.8. The number of hydrogen-bond acceptors (Lipinski definition) is 6. The first-order chi connectivity index (χ1) is 12.2. The zero-order valence-electron chi connectivity index (χ0n) is 13.6. The number of anilines is 1. The van der Waals surface area contributed by atoms with E-state index in [4.69, 9.17) is 0 Å². The minimum atomic E-state index is -0.108. The van der Waals surface area contributed by atoms with Gasteiger partial charge in [-0.1, -0.05) is 0 Å². The van der Waals surface area contributed by atoms with Crippen LogP contribution in [0.5, 0.6) is 0 Å². The Balaban J connectivity index is 1.45.